The highest BCUT2D eigenvalue weighted by Crippen LogP contribution is 2.26. The molecule has 0 saturated carbocycles. The van der Waals surface area contributed by atoms with Crippen LogP contribution in [0.25, 0.3) is 0 Å². The minimum Gasteiger partial charge on any atom is -0.326 e. The lowest BCUT2D eigenvalue weighted by Crippen LogP contribution is -2.28. The van der Waals surface area contributed by atoms with Gasteiger partial charge in [0.15, 0.2) is 5.17 Å². The van der Waals surface area contributed by atoms with Crippen molar-refractivity contribution in [2.45, 2.75) is 11.7 Å². The van der Waals surface area contributed by atoms with E-state index in [0.717, 1.165) is 5.56 Å². The molecule has 9 heteroatoms. The van der Waals surface area contributed by atoms with Crippen molar-refractivity contribution < 1.29 is 9.59 Å². The first kappa shape index (κ1) is 19.4. The van der Waals surface area contributed by atoms with Gasteiger partial charge in [0.1, 0.15) is 5.25 Å². The van der Waals surface area contributed by atoms with E-state index >= 15 is 0 Å². The Labute approximate surface area is 170 Å². The van der Waals surface area contributed by atoms with Crippen LogP contribution in [0.1, 0.15) is 12.0 Å². The Morgan fingerprint density at radius 1 is 1.19 bits per heavy atom. The van der Waals surface area contributed by atoms with Crippen molar-refractivity contribution in [3.05, 3.63) is 64.1 Å². The molecule has 1 aliphatic heterocycles. The highest BCUT2D eigenvalue weighted by atomic mass is 35.5. The summed E-state index contributed by atoms with van der Waals surface area (Å²) in [6.45, 7) is 0. The molecule has 0 aromatic heterocycles. The Hall–Kier alpha value is -2.35. The zero-order chi connectivity index (χ0) is 19.2. The Morgan fingerprint density at radius 2 is 1.96 bits per heavy atom. The first-order chi connectivity index (χ1) is 13.0. The molecule has 0 spiro atoms. The van der Waals surface area contributed by atoms with Crippen LogP contribution < -0.4 is 10.6 Å². The van der Waals surface area contributed by atoms with Crippen molar-refractivity contribution in [3.8, 4) is 0 Å². The van der Waals surface area contributed by atoms with Gasteiger partial charge in [-0.1, -0.05) is 65.3 Å². The highest BCUT2D eigenvalue weighted by Gasteiger charge is 2.32. The van der Waals surface area contributed by atoms with E-state index in [-0.39, 0.29) is 18.2 Å². The van der Waals surface area contributed by atoms with E-state index < -0.39 is 5.25 Å². The first-order valence-corrected chi connectivity index (χ1v) is 9.53. The Morgan fingerprint density at radius 3 is 2.70 bits per heavy atom. The molecule has 1 aliphatic rings. The zero-order valence-corrected chi connectivity index (χ0v) is 16.2. The van der Waals surface area contributed by atoms with Crippen LogP contribution in [-0.4, -0.2) is 28.4 Å². The minimum absolute atomic E-state index is 0.00182. The highest BCUT2D eigenvalue weighted by molar-refractivity contribution is 8.15. The third-order valence-electron chi connectivity index (χ3n) is 3.51. The fourth-order valence-corrected chi connectivity index (χ4v) is 3.45. The summed E-state index contributed by atoms with van der Waals surface area (Å²) in [7, 11) is 0. The zero-order valence-electron chi connectivity index (χ0n) is 13.9. The van der Waals surface area contributed by atoms with Crippen LogP contribution in [0.15, 0.2) is 58.7 Å². The van der Waals surface area contributed by atoms with Crippen LogP contribution in [0, 0.1) is 0 Å². The monoisotopic (exact) mass is 420 g/mol. The molecule has 2 aromatic rings. The summed E-state index contributed by atoms with van der Waals surface area (Å²) in [6.07, 6.45) is 1.59. The van der Waals surface area contributed by atoms with Crippen LogP contribution in [0.2, 0.25) is 10.0 Å². The third kappa shape index (κ3) is 5.56. The fraction of sp³-hybridized carbons (Fsp3) is 0.111. The largest absolute Gasteiger partial charge is 0.326 e. The second-order valence-corrected chi connectivity index (χ2v) is 7.54. The number of nitrogens with zero attached hydrogens (tertiary/aromatic N) is 2. The summed E-state index contributed by atoms with van der Waals surface area (Å²) in [5.74, 6) is -0.590. The molecule has 6 nitrogen and oxygen atoms in total. The number of anilines is 1. The standard InChI is InChI=1S/C18H14Cl2N4O2S/c19-13-7-6-12(8-14(13)20)22-16(25)9-15-17(26)23-18(27-15)24-21-10-11-4-2-1-3-5-11/h1-8,10,15H,9H2,(H,22,25)(H,23,24,26)/b21-10-/t15-/m0/s1. The molecule has 0 bridgehead atoms. The number of halogens is 2. The Kier molecular flexibility index (Phi) is 6.49. The van der Waals surface area contributed by atoms with Crippen molar-refractivity contribution in [1.82, 2.24) is 5.32 Å². The molecule has 0 aliphatic carbocycles. The predicted octanol–water partition coefficient (Wildman–Crippen LogP) is 3.94. The van der Waals surface area contributed by atoms with Crippen molar-refractivity contribution >= 4 is 63.8 Å². The summed E-state index contributed by atoms with van der Waals surface area (Å²) in [6, 6.07) is 14.2. The van der Waals surface area contributed by atoms with E-state index in [1.807, 2.05) is 30.3 Å². The van der Waals surface area contributed by atoms with Gasteiger partial charge in [-0.2, -0.15) is 5.10 Å². The lowest BCUT2D eigenvalue weighted by atomic mass is 10.2. The molecule has 0 radical (unpaired) electrons. The van der Waals surface area contributed by atoms with Gasteiger partial charge < -0.3 is 10.6 Å². The van der Waals surface area contributed by atoms with E-state index in [9.17, 15) is 9.59 Å². The Bertz CT molecular complexity index is 919. The van der Waals surface area contributed by atoms with Gasteiger partial charge in [0.2, 0.25) is 11.8 Å². The van der Waals surface area contributed by atoms with Gasteiger partial charge in [-0.3, -0.25) is 9.59 Å². The number of hydrogen-bond acceptors (Lipinski definition) is 5. The summed E-state index contributed by atoms with van der Waals surface area (Å²) in [5, 5.41) is 13.8. The summed E-state index contributed by atoms with van der Waals surface area (Å²) >= 11 is 12.9. The van der Waals surface area contributed by atoms with E-state index in [4.69, 9.17) is 23.2 Å². The molecule has 1 heterocycles. The number of benzene rings is 2. The lowest BCUT2D eigenvalue weighted by molar-refractivity contribution is -0.122. The summed E-state index contributed by atoms with van der Waals surface area (Å²) in [5.41, 5.74) is 1.41. The number of nitrogens with one attached hydrogen (secondary N) is 2. The van der Waals surface area contributed by atoms with Gasteiger partial charge in [0.05, 0.1) is 16.3 Å². The van der Waals surface area contributed by atoms with Gasteiger partial charge >= 0.3 is 0 Å². The molecule has 1 fully saturated rings. The number of hydrogen-bond donors (Lipinski definition) is 2. The Balaban J connectivity index is 1.55. The van der Waals surface area contributed by atoms with E-state index in [0.29, 0.717) is 20.9 Å². The molecule has 0 unspecified atom stereocenters. The van der Waals surface area contributed by atoms with Gasteiger partial charge in [0.25, 0.3) is 0 Å². The third-order valence-corrected chi connectivity index (χ3v) is 5.32. The molecule has 3 rings (SSSR count). The van der Waals surface area contributed by atoms with Gasteiger partial charge in [0, 0.05) is 12.1 Å². The minimum atomic E-state index is -0.571. The average molecular weight is 421 g/mol. The lowest BCUT2D eigenvalue weighted by Gasteiger charge is -2.08. The molecule has 2 N–H and O–H groups in total. The van der Waals surface area contributed by atoms with Gasteiger partial charge in [-0.25, -0.2) is 0 Å². The van der Waals surface area contributed by atoms with Crippen LogP contribution in [0.3, 0.4) is 0 Å². The molecule has 27 heavy (non-hydrogen) atoms. The smallest absolute Gasteiger partial charge is 0.240 e. The molecular formula is C18H14Cl2N4O2S. The maximum atomic E-state index is 12.2. The second kappa shape index (κ2) is 9.03. The number of amidine groups is 1. The van der Waals surface area contributed by atoms with E-state index in [1.54, 1.807) is 24.4 Å². The van der Waals surface area contributed by atoms with Gasteiger partial charge in [-0.15, -0.1) is 5.10 Å². The molecule has 2 aromatic carbocycles. The van der Waals surface area contributed by atoms with Crippen LogP contribution >= 0.6 is 35.0 Å². The SMILES string of the molecule is O=C(C[C@@H]1S/C(=N/N=C\c2ccccc2)NC1=O)Nc1ccc(Cl)c(Cl)c1. The molecule has 1 atom stereocenters. The summed E-state index contributed by atoms with van der Waals surface area (Å²) < 4.78 is 0. The maximum Gasteiger partial charge on any atom is 0.240 e. The first-order valence-electron chi connectivity index (χ1n) is 7.90. The number of carbonyl (C=O) groups is 2. The molecular weight excluding hydrogens is 407 g/mol. The average Bonchev–Trinajstić information content (AvgIpc) is 2.98. The van der Waals surface area contributed by atoms with Crippen molar-refractivity contribution in [1.29, 1.82) is 0 Å². The van der Waals surface area contributed by atoms with Crippen LogP contribution in [0.5, 0.6) is 0 Å². The quantitative estimate of drug-likeness (QED) is 0.567. The molecule has 138 valence electrons. The number of carbonyl (C=O) groups excluding carboxylic acids is 2. The van der Waals surface area contributed by atoms with E-state index in [2.05, 4.69) is 20.8 Å². The molecule has 1 saturated heterocycles. The van der Waals surface area contributed by atoms with Crippen molar-refractivity contribution in [3.63, 3.8) is 0 Å². The van der Waals surface area contributed by atoms with Crippen molar-refractivity contribution in [2.75, 3.05) is 5.32 Å². The number of thioether (sulfide) groups is 1. The van der Waals surface area contributed by atoms with Crippen LogP contribution in [-0.2, 0) is 9.59 Å². The predicted molar refractivity (Wildman–Crippen MR) is 111 cm³/mol. The van der Waals surface area contributed by atoms with Crippen molar-refractivity contribution in [2.24, 2.45) is 10.2 Å². The maximum absolute atomic E-state index is 12.2. The second-order valence-electron chi connectivity index (χ2n) is 5.54. The fourth-order valence-electron chi connectivity index (χ4n) is 2.23. The van der Waals surface area contributed by atoms with E-state index in [1.165, 1.54) is 11.8 Å². The summed E-state index contributed by atoms with van der Waals surface area (Å²) in [4.78, 5) is 24.2. The van der Waals surface area contributed by atoms with Crippen LogP contribution in [0.4, 0.5) is 5.69 Å². The molecule has 2 amide bonds. The normalized spacial score (nSPS) is 18.1. The topological polar surface area (TPSA) is 82.9 Å². The number of amides is 2. The van der Waals surface area contributed by atoms with Gasteiger partial charge in [-0.05, 0) is 23.8 Å². The number of rotatable bonds is 5.